The molecule has 0 spiro atoms. The van der Waals surface area contributed by atoms with E-state index >= 15 is 0 Å². The summed E-state index contributed by atoms with van der Waals surface area (Å²) in [6.45, 7) is 6.19. The molecule has 0 aliphatic carbocycles. The Hall–Kier alpha value is -2.50. The fourth-order valence-corrected chi connectivity index (χ4v) is 3.63. The predicted molar refractivity (Wildman–Crippen MR) is 105 cm³/mol. The van der Waals surface area contributed by atoms with Gasteiger partial charge in [-0.15, -0.1) is 0 Å². The first-order chi connectivity index (χ1) is 13.3. The molecular weight excluding hydrogens is 339 g/mol. The average molecular weight is 364 g/mol. The smallest absolute Gasteiger partial charge is 0.123 e. The highest BCUT2D eigenvalue weighted by Crippen LogP contribution is 2.14. The third-order valence-corrected chi connectivity index (χ3v) is 5.15. The number of aromatic nitrogens is 2. The Morgan fingerprint density at radius 2 is 1.37 bits per heavy atom. The van der Waals surface area contributed by atoms with Crippen molar-refractivity contribution in [3.8, 4) is 5.69 Å². The SMILES string of the molecule is Fc1ccc(CN2CCCN(Cc3ccc(-n4ccnc4)cc3)CC2)cc1. The zero-order valence-electron chi connectivity index (χ0n) is 15.5. The Bertz CT molecular complexity index is 828. The van der Waals surface area contributed by atoms with Crippen LogP contribution in [0.3, 0.4) is 0 Å². The van der Waals surface area contributed by atoms with Crippen LogP contribution in [0.15, 0.2) is 67.3 Å². The van der Waals surface area contributed by atoms with E-state index in [1.54, 1.807) is 18.3 Å². The van der Waals surface area contributed by atoms with Crippen LogP contribution in [0.5, 0.6) is 0 Å². The number of hydrogen-bond acceptors (Lipinski definition) is 3. The summed E-state index contributed by atoms with van der Waals surface area (Å²) in [6.07, 6.45) is 6.73. The largest absolute Gasteiger partial charge is 0.306 e. The maximum absolute atomic E-state index is 13.1. The first kappa shape index (κ1) is 17.9. The highest BCUT2D eigenvalue weighted by Gasteiger charge is 2.15. The Morgan fingerprint density at radius 3 is 1.93 bits per heavy atom. The fraction of sp³-hybridized carbons (Fsp3) is 0.318. The zero-order chi connectivity index (χ0) is 18.5. The molecule has 27 heavy (non-hydrogen) atoms. The van der Waals surface area contributed by atoms with E-state index in [9.17, 15) is 4.39 Å². The van der Waals surface area contributed by atoms with E-state index in [1.165, 1.54) is 11.1 Å². The van der Waals surface area contributed by atoms with E-state index in [2.05, 4.69) is 39.0 Å². The summed E-state index contributed by atoms with van der Waals surface area (Å²) >= 11 is 0. The lowest BCUT2D eigenvalue weighted by Crippen LogP contribution is -2.30. The highest BCUT2D eigenvalue weighted by atomic mass is 19.1. The maximum Gasteiger partial charge on any atom is 0.123 e. The van der Waals surface area contributed by atoms with Gasteiger partial charge in [0, 0.05) is 44.3 Å². The summed E-state index contributed by atoms with van der Waals surface area (Å²) in [5.41, 5.74) is 3.66. The van der Waals surface area contributed by atoms with Crippen LogP contribution in [0.2, 0.25) is 0 Å². The van der Waals surface area contributed by atoms with Crippen molar-refractivity contribution >= 4 is 0 Å². The third-order valence-electron chi connectivity index (χ3n) is 5.15. The molecule has 0 atom stereocenters. The lowest BCUT2D eigenvalue weighted by molar-refractivity contribution is 0.247. The van der Waals surface area contributed by atoms with Gasteiger partial charge in [-0.3, -0.25) is 9.80 Å². The first-order valence-electron chi connectivity index (χ1n) is 9.53. The molecule has 0 saturated carbocycles. The minimum atomic E-state index is -0.167. The van der Waals surface area contributed by atoms with Crippen molar-refractivity contribution in [2.45, 2.75) is 19.5 Å². The lowest BCUT2D eigenvalue weighted by Gasteiger charge is -2.22. The molecular formula is C22H25FN4. The maximum atomic E-state index is 13.1. The molecule has 3 aromatic rings. The second-order valence-electron chi connectivity index (χ2n) is 7.17. The van der Waals surface area contributed by atoms with Gasteiger partial charge < -0.3 is 4.57 Å². The van der Waals surface area contributed by atoms with Crippen LogP contribution in [0.1, 0.15) is 17.5 Å². The quantitative estimate of drug-likeness (QED) is 0.690. The molecule has 1 aliphatic heterocycles. The molecule has 1 aliphatic rings. The molecule has 140 valence electrons. The van der Waals surface area contributed by atoms with E-state index in [1.807, 2.05) is 29.2 Å². The lowest BCUT2D eigenvalue weighted by atomic mass is 10.2. The van der Waals surface area contributed by atoms with Crippen molar-refractivity contribution in [3.63, 3.8) is 0 Å². The Morgan fingerprint density at radius 1 is 0.778 bits per heavy atom. The van der Waals surface area contributed by atoms with Crippen molar-refractivity contribution in [3.05, 3.63) is 84.2 Å². The average Bonchev–Trinajstić information content (AvgIpc) is 3.14. The molecule has 2 aromatic carbocycles. The number of hydrogen-bond donors (Lipinski definition) is 0. The van der Waals surface area contributed by atoms with Crippen LogP contribution < -0.4 is 0 Å². The van der Waals surface area contributed by atoms with Gasteiger partial charge in [0.1, 0.15) is 5.82 Å². The van der Waals surface area contributed by atoms with Gasteiger partial charge in [0.05, 0.1) is 6.33 Å². The molecule has 4 rings (SSSR count). The molecule has 0 amide bonds. The molecule has 4 nitrogen and oxygen atoms in total. The van der Waals surface area contributed by atoms with Crippen molar-refractivity contribution in [2.75, 3.05) is 26.2 Å². The van der Waals surface area contributed by atoms with E-state index in [0.717, 1.165) is 51.4 Å². The summed E-state index contributed by atoms with van der Waals surface area (Å²) in [5, 5.41) is 0. The molecule has 0 N–H and O–H groups in total. The van der Waals surface area contributed by atoms with Crippen LogP contribution in [0.4, 0.5) is 4.39 Å². The molecule has 5 heteroatoms. The topological polar surface area (TPSA) is 24.3 Å². The molecule has 1 saturated heterocycles. The minimum Gasteiger partial charge on any atom is -0.306 e. The number of nitrogens with zero attached hydrogens (tertiary/aromatic N) is 4. The van der Waals surface area contributed by atoms with Crippen LogP contribution in [-0.2, 0) is 13.1 Å². The molecule has 0 unspecified atom stereocenters. The van der Waals surface area contributed by atoms with Crippen LogP contribution in [0.25, 0.3) is 5.69 Å². The molecule has 1 aromatic heterocycles. The van der Waals surface area contributed by atoms with Crippen molar-refractivity contribution in [1.29, 1.82) is 0 Å². The van der Waals surface area contributed by atoms with Gasteiger partial charge in [-0.25, -0.2) is 9.37 Å². The molecule has 1 fully saturated rings. The van der Waals surface area contributed by atoms with Crippen molar-refractivity contribution in [2.24, 2.45) is 0 Å². The van der Waals surface area contributed by atoms with Crippen LogP contribution in [-0.4, -0.2) is 45.5 Å². The normalized spacial score (nSPS) is 16.3. The van der Waals surface area contributed by atoms with Gasteiger partial charge in [-0.1, -0.05) is 24.3 Å². The third kappa shape index (κ3) is 4.81. The van der Waals surface area contributed by atoms with Crippen LogP contribution in [0, 0.1) is 5.82 Å². The van der Waals surface area contributed by atoms with Gasteiger partial charge in [-0.05, 0) is 54.9 Å². The molecule has 0 radical (unpaired) electrons. The predicted octanol–water partition coefficient (Wildman–Crippen LogP) is 3.72. The van der Waals surface area contributed by atoms with Gasteiger partial charge in [0.15, 0.2) is 0 Å². The summed E-state index contributed by atoms with van der Waals surface area (Å²) in [4.78, 5) is 9.09. The van der Waals surface area contributed by atoms with Gasteiger partial charge in [0.25, 0.3) is 0 Å². The second-order valence-corrected chi connectivity index (χ2v) is 7.17. The molecule has 2 heterocycles. The minimum absolute atomic E-state index is 0.167. The Balaban J connectivity index is 1.31. The monoisotopic (exact) mass is 364 g/mol. The van der Waals surface area contributed by atoms with E-state index in [0.29, 0.717) is 0 Å². The van der Waals surface area contributed by atoms with Crippen molar-refractivity contribution < 1.29 is 4.39 Å². The summed E-state index contributed by atoms with van der Waals surface area (Å²) in [6, 6.07) is 15.6. The second kappa shape index (κ2) is 8.46. The standard InChI is InChI=1S/C22H25FN4/c23-21-6-2-19(3-7-21)16-25-11-1-12-26(15-14-25)17-20-4-8-22(9-5-20)27-13-10-24-18-27/h2-10,13,18H,1,11-12,14-17H2. The van der Waals surface area contributed by atoms with Gasteiger partial charge >= 0.3 is 0 Å². The van der Waals surface area contributed by atoms with Gasteiger partial charge in [-0.2, -0.15) is 0 Å². The van der Waals surface area contributed by atoms with E-state index in [-0.39, 0.29) is 5.82 Å². The van der Waals surface area contributed by atoms with E-state index < -0.39 is 0 Å². The van der Waals surface area contributed by atoms with Crippen molar-refractivity contribution in [1.82, 2.24) is 19.4 Å². The number of rotatable bonds is 5. The highest BCUT2D eigenvalue weighted by molar-refractivity contribution is 5.34. The van der Waals surface area contributed by atoms with Crippen LogP contribution >= 0.6 is 0 Å². The molecule has 0 bridgehead atoms. The number of imidazole rings is 1. The van der Waals surface area contributed by atoms with E-state index in [4.69, 9.17) is 0 Å². The van der Waals surface area contributed by atoms with Gasteiger partial charge in [0.2, 0.25) is 0 Å². The Kier molecular flexibility index (Phi) is 5.61. The fourth-order valence-electron chi connectivity index (χ4n) is 3.63. The zero-order valence-corrected chi connectivity index (χ0v) is 15.5. The summed E-state index contributed by atoms with van der Waals surface area (Å²) < 4.78 is 15.1. The summed E-state index contributed by atoms with van der Waals surface area (Å²) in [5.74, 6) is -0.167. The first-order valence-corrected chi connectivity index (χ1v) is 9.53. The Labute approximate surface area is 159 Å². The number of halogens is 1. The number of benzene rings is 2. The summed E-state index contributed by atoms with van der Waals surface area (Å²) in [7, 11) is 0.